The molecule has 3 nitrogen and oxygen atoms in total. The Morgan fingerprint density at radius 3 is 2.05 bits per heavy atom. The Kier molecular flexibility index (Phi) is 6.11. The summed E-state index contributed by atoms with van der Waals surface area (Å²) in [6.07, 6.45) is -8.43. The maximum Gasteiger partial charge on any atom is 0.461 e. The fourth-order valence-electron chi connectivity index (χ4n) is 1.43. The Labute approximate surface area is 130 Å². The van der Waals surface area contributed by atoms with Crippen LogP contribution in [0.1, 0.15) is 39.3 Å². The van der Waals surface area contributed by atoms with Crippen molar-refractivity contribution in [2.75, 3.05) is 0 Å². The normalized spacial score (nSPS) is 15.7. The van der Waals surface area contributed by atoms with Crippen molar-refractivity contribution in [1.29, 1.82) is 0 Å². The van der Waals surface area contributed by atoms with Crippen molar-refractivity contribution in [3.05, 3.63) is 29.8 Å². The molecular formula is C14H19F4NO2S. The van der Waals surface area contributed by atoms with Crippen LogP contribution in [0.3, 0.4) is 0 Å². The number of hydrogen-bond donors (Lipinski definition) is 1. The first kappa shape index (κ1) is 19.1. The largest absolute Gasteiger partial charge is 0.598 e. The van der Waals surface area contributed by atoms with Crippen molar-refractivity contribution < 1.29 is 26.9 Å². The van der Waals surface area contributed by atoms with Gasteiger partial charge in [-0.15, -0.1) is 4.72 Å². The molecule has 0 heterocycles. The van der Waals surface area contributed by atoms with E-state index in [4.69, 9.17) is 0 Å². The highest BCUT2D eigenvalue weighted by molar-refractivity contribution is 7.90. The van der Waals surface area contributed by atoms with E-state index in [1.54, 1.807) is 6.92 Å². The van der Waals surface area contributed by atoms with Gasteiger partial charge in [0.15, 0.2) is 0 Å². The van der Waals surface area contributed by atoms with Gasteiger partial charge in [0.05, 0.1) is 6.04 Å². The number of hydrogen-bond acceptors (Lipinski definition) is 3. The fourth-order valence-corrected chi connectivity index (χ4v) is 2.24. The van der Waals surface area contributed by atoms with Gasteiger partial charge in [-0.2, -0.15) is 17.6 Å². The summed E-state index contributed by atoms with van der Waals surface area (Å²) in [4.78, 5) is 0. The first-order valence-electron chi connectivity index (χ1n) is 6.56. The SMILES string of the molecule is C[C@@H](N[S@+]([O-])C(C)(C)C)c1ccc(OC(F)(F)C(F)F)cc1. The summed E-state index contributed by atoms with van der Waals surface area (Å²) in [7, 11) is 0. The number of rotatable bonds is 6. The van der Waals surface area contributed by atoms with E-state index in [9.17, 15) is 22.1 Å². The van der Waals surface area contributed by atoms with Crippen LogP contribution in [0.25, 0.3) is 0 Å². The maximum atomic E-state index is 12.8. The average molecular weight is 341 g/mol. The molecule has 0 aliphatic heterocycles. The second-order valence-electron chi connectivity index (χ2n) is 5.75. The highest BCUT2D eigenvalue weighted by Crippen LogP contribution is 2.28. The van der Waals surface area contributed by atoms with E-state index < -0.39 is 28.6 Å². The topological polar surface area (TPSA) is 44.3 Å². The lowest BCUT2D eigenvalue weighted by Gasteiger charge is -2.26. The summed E-state index contributed by atoms with van der Waals surface area (Å²) in [5, 5.41) is 0. The molecule has 0 amide bonds. The van der Waals surface area contributed by atoms with Crippen molar-refractivity contribution in [2.24, 2.45) is 0 Å². The molecule has 1 aromatic rings. The molecule has 0 saturated carbocycles. The van der Waals surface area contributed by atoms with Crippen LogP contribution < -0.4 is 9.46 Å². The molecule has 1 rings (SSSR count). The quantitative estimate of drug-likeness (QED) is 0.627. The van der Waals surface area contributed by atoms with Gasteiger partial charge in [0, 0.05) is 11.4 Å². The van der Waals surface area contributed by atoms with Gasteiger partial charge >= 0.3 is 12.5 Å². The van der Waals surface area contributed by atoms with Gasteiger partial charge in [0.2, 0.25) is 0 Å². The number of nitrogens with one attached hydrogen (secondary N) is 1. The van der Waals surface area contributed by atoms with Crippen LogP contribution in [0.5, 0.6) is 5.75 Å². The minimum Gasteiger partial charge on any atom is -0.598 e. The Morgan fingerprint density at radius 2 is 1.64 bits per heavy atom. The third kappa shape index (κ3) is 5.33. The van der Waals surface area contributed by atoms with E-state index in [1.165, 1.54) is 24.3 Å². The summed E-state index contributed by atoms with van der Waals surface area (Å²) < 4.78 is 68.0. The Morgan fingerprint density at radius 1 is 1.14 bits per heavy atom. The van der Waals surface area contributed by atoms with Crippen LogP contribution in [-0.4, -0.2) is 21.8 Å². The average Bonchev–Trinajstić information content (AvgIpc) is 2.37. The Balaban J connectivity index is 2.72. The molecule has 0 spiro atoms. The summed E-state index contributed by atoms with van der Waals surface area (Å²) in [6.45, 7) is 7.19. The lowest BCUT2D eigenvalue weighted by molar-refractivity contribution is -0.253. The molecule has 1 N–H and O–H groups in total. The van der Waals surface area contributed by atoms with Crippen molar-refractivity contribution in [1.82, 2.24) is 4.72 Å². The third-order valence-electron chi connectivity index (χ3n) is 2.73. The van der Waals surface area contributed by atoms with Gasteiger partial charge in [-0.3, -0.25) is 0 Å². The van der Waals surface area contributed by atoms with Crippen molar-refractivity contribution in [2.45, 2.75) is 51.0 Å². The highest BCUT2D eigenvalue weighted by atomic mass is 32.2. The standard InChI is InChI=1S/C14H19F4NO2S/c1-9(19-22(20)13(2,3)4)10-5-7-11(8-6-10)21-14(17,18)12(15)16/h5-9,12,19H,1-4H3/t9-,22-/m1/s1. The molecule has 0 aromatic heterocycles. The number of halogens is 4. The fraction of sp³-hybridized carbons (Fsp3) is 0.571. The van der Waals surface area contributed by atoms with E-state index in [-0.39, 0.29) is 11.8 Å². The molecule has 0 unspecified atom stereocenters. The molecule has 126 valence electrons. The van der Waals surface area contributed by atoms with Gasteiger partial charge in [0.25, 0.3) is 0 Å². The molecule has 0 aliphatic carbocycles. The van der Waals surface area contributed by atoms with Crippen LogP contribution in [-0.2, 0) is 11.4 Å². The summed E-state index contributed by atoms with van der Waals surface area (Å²) in [5.74, 6) is -0.363. The van der Waals surface area contributed by atoms with E-state index >= 15 is 0 Å². The number of benzene rings is 1. The monoisotopic (exact) mass is 341 g/mol. The van der Waals surface area contributed by atoms with Crippen molar-refractivity contribution >= 4 is 11.4 Å². The molecule has 0 fully saturated rings. The molecule has 2 atom stereocenters. The van der Waals surface area contributed by atoms with E-state index in [0.29, 0.717) is 5.56 Å². The van der Waals surface area contributed by atoms with E-state index in [0.717, 1.165) is 0 Å². The molecule has 0 radical (unpaired) electrons. The first-order valence-corrected chi connectivity index (χ1v) is 7.71. The van der Waals surface area contributed by atoms with Gasteiger partial charge in [-0.1, -0.05) is 12.1 Å². The van der Waals surface area contributed by atoms with Gasteiger partial charge < -0.3 is 9.29 Å². The van der Waals surface area contributed by atoms with Crippen molar-refractivity contribution in [3.8, 4) is 5.75 Å². The van der Waals surface area contributed by atoms with Crippen LogP contribution >= 0.6 is 0 Å². The molecule has 0 bridgehead atoms. The number of alkyl halides is 4. The minimum atomic E-state index is -4.53. The Hall–Kier alpha value is -0.990. The lowest BCUT2D eigenvalue weighted by atomic mass is 10.1. The van der Waals surface area contributed by atoms with Gasteiger partial charge in [-0.05, 0) is 45.4 Å². The van der Waals surface area contributed by atoms with Crippen LogP contribution in [0, 0.1) is 0 Å². The summed E-state index contributed by atoms with van der Waals surface area (Å²) in [6, 6.07) is 4.95. The predicted octanol–water partition coefficient (Wildman–Crippen LogP) is 4.04. The van der Waals surface area contributed by atoms with Crippen LogP contribution in [0.2, 0.25) is 0 Å². The van der Waals surface area contributed by atoms with Crippen molar-refractivity contribution in [3.63, 3.8) is 0 Å². The van der Waals surface area contributed by atoms with Gasteiger partial charge in [0.1, 0.15) is 10.5 Å². The molecule has 0 saturated heterocycles. The molecule has 8 heteroatoms. The molecule has 1 aromatic carbocycles. The van der Waals surface area contributed by atoms with E-state index in [2.05, 4.69) is 9.46 Å². The lowest BCUT2D eigenvalue weighted by Crippen LogP contribution is -2.40. The second kappa shape index (κ2) is 7.06. The predicted molar refractivity (Wildman–Crippen MR) is 77.5 cm³/mol. The second-order valence-corrected chi connectivity index (χ2v) is 7.75. The van der Waals surface area contributed by atoms with Crippen LogP contribution in [0.15, 0.2) is 24.3 Å². The van der Waals surface area contributed by atoms with Gasteiger partial charge in [-0.25, -0.2) is 0 Å². The van der Waals surface area contributed by atoms with E-state index in [1.807, 2.05) is 20.8 Å². The number of ether oxygens (including phenoxy) is 1. The molecule has 0 aliphatic rings. The summed E-state index contributed by atoms with van der Waals surface area (Å²) >= 11 is -1.30. The Bertz CT molecular complexity index is 477. The zero-order chi connectivity index (χ0) is 17.1. The first-order chi connectivity index (χ1) is 9.93. The molecule has 22 heavy (non-hydrogen) atoms. The smallest absolute Gasteiger partial charge is 0.461 e. The zero-order valence-electron chi connectivity index (χ0n) is 12.7. The highest BCUT2D eigenvalue weighted by Gasteiger charge is 2.43. The van der Waals surface area contributed by atoms with Crippen LogP contribution in [0.4, 0.5) is 17.6 Å². The molecular weight excluding hydrogens is 322 g/mol. The maximum absolute atomic E-state index is 12.8. The minimum absolute atomic E-state index is 0.301. The summed E-state index contributed by atoms with van der Waals surface area (Å²) in [5.41, 5.74) is 0.672. The zero-order valence-corrected chi connectivity index (χ0v) is 13.5. The third-order valence-corrected chi connectivity index (χ3v) is 4.41.